The normalized spacial score (nSPS) is 22.4. The van der Waals surface area contributed by atoms with Crippen LogP contribution in [0.15, 0.2) is 48.8 Å². The van der Waals surface area contributed by atoms with Crippen molar-refractivity contribution in [2.75, 3.05) is 11.4 Å². The minimum Gasteiger partial charge on any atom is -0.474 e. The quantitative estimate of drug-likeness (QED) is 0.384. The number of halogens is 3. The monoisotopic (exact) mass is 524 g/mol. The van der Waals surface area contributed by atoms with Gasteiger partial charge < -0.3 is 4.74 Å². The Morgan fingerprint density at radius 1 is 0.947 bits per heavy atom. The summed E-state index contributed by atoms with van der Waals surface area (Å²) in [5.41, 5.74) is 1.32. The summed E-state index contributed by atoms with van der Waals surface area (Å²) in [5.74, 6) is 0.910. The number of fused-ring (bicyclic) bond motifs is 1. The molecule has 0 unspecified atom stereocenters. The van der Waals surface area contributed by atoms with Crippen LogP contribution in [0.5, 0.6) is 5.88 Å². The van der Waals surface area contributed by atoms with Gasteiger partial charge in [-0.2, -0.15) is 13.2 Å². The predicted octanol–water partition coefficient (Wildman–Crippen LogP) is 5.76. The molecule has 1 aliphatic heterocycles. The molecule has 38 heavy (non-hydrogen) atoms. The first-order chi connectivity index (χ1) is 18.3. The zero-order valence-electron chi connectivity index (χ0n) is 20.7. The van der Waals surface area contributed by atoms with E-state index in [1.807, 2.05) is 6.07 Å². The molecule has 0 radical (unpaired) electrons. The number of amides is 3. The van der Waals surface area contributed by atoms with Gasteiger partial charge in [-0.05, 0) is 86.8 Å². The first-order valence-electron chi connectivity index (χ1n) is 13.0. The number of nitrogens with zero attached hydrogens (tertiary/aromatic N) is 4. The van der Waals surface area contributed by atoms with Crippen LogP contribution in [-0.2, 0) is 17.4 Å². The average Bonchev–Trinajstić information content (AvgIpc) is 3.66. The van der Waals surface area contributed by atoms with Gasteiger partial charge in [0, 0.05) is 11.7 Å². The number of hydrogen-bond acceptors (Lipinski definition) is 5. The van der Waals surface area contributed by atoms with Gasteiger partial charge in [0.2, 0.25) is 5.88 Å². The molecule has 7 nitrogen and oxygen atoms in total. The van der Waals surface area contributed by atoms with E-state index in [2.05, 4.69) is 22.1 Å². The average molecular weight is 525 g/mol. The van der Waals surface area contributed by atoms with Crippen LogP contribution in [-0.4, -0.2) is 45.5 Å². The molecule has 3 aromatic rings. The lowest BCUT2D eigenvalue weighted by atomic mass is 9.92. The van der Waals surface area contributed by atoms with Crippen LogP contribution in [0.25, 0.3) is 10.9 Å². The fourth-order valence-corrected chi connectivity index (χ4v) is 5.46. The second-order valence-electron chi connectivity index (χ2n) is 10.4. The summed E-state index contributed by atoms with van der Waals surface area (Å²) in [6, 6.07) is 9.81. The first-order valence-corrected chi connectivity index (χ1v) is 13.0. The smallest absolute Gasteiger partial charge is 0.416 e. The van der Waals surface area contributed by atoms with Crippen molar-refractivity contribution in [3.8, 4) is 5.88 Å². The molecule has 2 saturated carbocycles. The Labute approximate surface area is 217 Å². The summed E-state index contributed by atoms with van der Waals surface area (Å²) < 4.78 is 45.7. The number of carbonyl (C=O) groups is 2. The Bertz CT molecular complexity index is 1380. The molecule has 1 saturated heterocycles. The lowest BCUT2D eigenvalue weighted by molar-refractivity contribution is -0.137. The maximum atomic E-state index is 13.1. The van der Waals surface area contributed by atoms with Crippen LogP contribution in [0.3, 0.4) is 0 Å². The van der Waals surface area contributed by atoms with E-state index < -0.39 is 23.7 Å². The van der Waals surface area contributed by atoms with Crippen LogP contribution in [0.2, 0.25) is 0 Å². The highest BCUT2D eigenvalue weighted by Crippen LogP contribution is 2.36. The molecule has 0 spiro atoms. The lowest BCUT2D eigenvalue weighted by Gasteiger charge is -2.33. The second-order valence-corrected chi connectivity index (χ2v) is 10.4. The van der Waals surface area contributed by atoms with Gasteiger partial charge in [0.25, 0.3) is 5.91 Å². The summed E-state index contributed by atoms with van der Waals surface area (Å²) in [5, 5.41) is 0.857. The zero-order valence-corrected chi connectivity index (χ0v) is 20.7. The van der Waals surface area contributed by atoms with Crippen molar-refractivity contribution in [1.82, 2.24) is 14.9 Å². The second kappa shape index (κ2) is 9.56. The Hall–Kier alpha value is -3.69. The highest BCUT2D eigenvalue weighted by Gasteiger charge is 2.43. The number of imide groups is 1. The van der Waals surface area contributed by atoms with Gasteiger partial charge in [-0.3, -0.25) is 14.6 Å². The van der Waals surface area contributed by atoms with E-state index in [1.165, 1.54) is 41.8 Å². The molecule has 1 aromatic heterocycles. The Kier molecular flexibility index (Phi) is 6.20. The molecule has 0 N–H and O–H groups in total. The van der Waals surface area contributed by atoms with Gasteiger partial charge in [-0.15, -0.1) is 0 Å². The van der Waals surface area contributed by atoms with E-state index in [9.17, 15) is 22.8 Å². The molecular formula is C28H27F3N4O3. The number of aromatic nitrogens is 2. The molecule has 0 atom stereocenters. The minimum absolute atomic E-state index is 0.0635. The number of alkyl halides is 3. The Balaban J connectivity index is 1.10. The van der Waals surface area contributed by atoms with Crippen molar-refractivity contribution < 1.29 is 27.5 Å². The Morgan fingerprint density at radius 2 is 1.74 bits per heavy atom. The molecule has 10 heteroatoms. The molecule has 2 aromatic carbocycles. The van der Waals surface area contributed by atoms with Gasteiger partial charge >= 0.3 is 12.2 Å². The standard InChI is InChI=1S/C28H27F3N4O3/c29-28(30,31)19-2-1-3-21(14-19)34-15-25(36)35(27(34)37)20-7-9-22(10-8-20)38-26-23-11-6-18(12-17-4-5-17)13-24(23)32-16-33-26/h1-3,6,11,13-14,16-17,20,22H,4-5,7-10,12,15H2. The first kappa shape index (κ1) is 24.6. The zero-order chi connectivity index (χ0) is 26.4. The number of hydrogen-bond donors (Lipinski definition) is 0. The molecule has 3 aliphatic rings. The third kappa shape index (κ3) is 4.91. The van der Waals surface area contributed by atoms with Crippen LogP contribution in [0.1, 0.15) is 49.7 Å². The summed E-state index contributed by atoms with van der Waals surface area (Å²) in [4.78, 5) is 36.9. The highest BCUT2D eigenvalue weighted by molar-refractivity contribution is 6.12. The largest absolute Gasteiger partial charge is 0.474 e. The fourth-order valence-electron chi connectivity index (χ4n) is 5.46. The molecule has 2 heterocycles. The molecule has 3 fully saturated rings. The number of benzene rings is 2. The maximum Gasteiger partial charge on any atom is 0.416 e. The van der Waals surface area contributed by atoms with Gasteiger partial charge in [-0.1, -0.05) is 12.1 Å². The number of rotatable bonds is 6. The molecule has 198 valence electrons. The SMILES string of the molecule is O=C1CN(c2cccc(C(F)(F)F)c2)C(=O)N1C1CCC(Oc2ncnc3cc(CC4CC4)ccc23)CC1. The van der Waals surface area contributed by atoms with Crippen LogP contribution in [0, 0.1) is 5.92 Å². The molecule has 3 amide bonds. The van der Waals surface area contributed by atoms with E-state index in [0.29, 0.717) is 31.6 Å². The summed E-state index contributed by atoms with van der Waals surface area (Å²) in [6.45, 7) is -0.272. The summed E-state index contributed by atoms with van der Waals surface area (Å²) in [6.07, 6.45) is 2.84. The maximum absolute atomic E-state index is 13.1. The van der Waals surface area contributed by atoms with Crippen molar-refractivity contribution in [2.24, 2.45) is 5.92 Å². The number of urea groups is 1. The summed E-state index contributed by atoms with van der Waals surface area (Å²) in [7, 11) is 0. The topological polar surface area (TPSA) is 75.6 Å². The van der Waals surface area contributed by atoms with Crippen molar-refractivity contribution in [1.29, 1.82) is 0 Å². The van der Waals surface area contributed by atoms with E-state index in [-0.39, 0.29) is 24.4 Å². The Morgan fingerprint density at radius 3 is 2.47 bits per heavy atom. The molecule has 6 rings (SSSR count). The number of carbonyl (C=O) groups excluding carboxylic acids is 2. The number of anilines is 1. The highest BCUT2D eigenvalue weighted by atomic mass is 19.4. The lowest BCUT2D eigenvalue weighted by Crippen LogP contribution is -2.44. The van der Waals surface area contributed by atoms with Gasteiger partial charge in [0.05, 0.1) is 16.5 Å². The predicted molar refractivity (Wildman–Crippen MR) is 134 cm³/mol. The van der Waals surface area contributed by atoms with Crippen molar-refractivity contribution in [2.45, 2.75) is 63.3 Å². The summed E-state index contributed by atoms with van der Waals surface area (Å²) >= 11 is 0. The van der Waals surface area contributed by atoms with E-state index >= 15 is 0 Å². The van der Waals surface area contributed by atoms with E-state index in [0.717, 1.165) is 40.3 Å². The van der Waals surface area contributed by atoms with Crippen LogP contribution >= 0.6 is 0 Å². The molecular weight excluding hydrogens is 497 g/mol. The van der Waals surface area contributed by atoms with Crippen molar-refractivity contribution in [3.05, 3.63) is 59.9 Å². The van der Waals surface area contributed by atoms with Gasteiger partial charge in [0.15, 0.2) is 0 Å². The molecule has 0 bridgehead atoms. The van der Waals surface area contributed by atoms with Crippen molar-refractivity contribution >= 4 is 28.5 Å². The third-order valence-electron chi connectivity index (χ3n) is 7.66. The van der Waals surface area contributed by atoms with Gasteiger partial charge in [0.1, 0.15) is 19.0 Å². The van der Waals surface area contributed by atoms with E-state index in [4.69, 9.17) is 4.74 Å². The van der Waals surface area contributed by atoms with Crippen LogP contribution in [0.4, 0.5) is 23.7 Å². The fraction of sp³-hybridized carbons (Fsp3) is 0.429. The molecule has 2 aliphatic carbocycles. The van der Waals surface area contributed by atoms with Crippen LogP contribution < -0.4 is 9.64 Å². The van der Waals surface area contributed by atoms with Crippen molar-refractivity contribution in [3.63, 3.8) is 0 Å². The van der Waals surface area contributed by atoms with Gasteiger partial charge in [-0.25, -0.2) is 14.8 Å². The minimum atomic E-state index is -4.53. The number of ether oxygens (including phenoxy) is 1. The third-order valence-corrected chi connectivity index (χ3v) is 7.66. The van der Waals surface area contributed by atoms with E-state index in [1.54, 1.807) is 0 Å².